The van der Waals surface area contributed by atoms with Crippen LogP contribution in [0, 0.1) is 18.6 Å². The first-order chi connectivity index (χ1) is 10.6. The number of nitrogens with zero attached hydrogens (tertiary/aromatic N) is 1. The van der Waals surface area contributed by atoms with Crippen molar-refractivity contribution < 1.29 is 13.9 Å². The lowest BCUT2D eigenvalue weighted by Gasteiger charge is -2.21. The zero-order chi connectivity index (χ0) is 15.7. The van der Waals surface area contributed by atoms with E-state index in [-0.39, 0.29) is 11.4 Å². The van der Waals surface area contributed by atoms with Gasteiger partial charge in [-0.2, -0.15) is 5.10 Å². The molecule has 2 N–H and O–H groups in total. The van der Waals surface area contributed by atoms with E-state index < -0.39 is 11.6 Å². The SMILES string of the molecule is Cc1ccc(O)c2c1CCC/C2=N\Nc1ccc(F)cc1F. The molecule has 0 aromatic heterocycles. The number of hydrogen-bond donors (Lipinski definition) is 2. The Bertz CT molecular complexity index is 757. The Balaban J connectivity index is 1.95. The normalized spacial score (nSPS) is 15.7. The van der Waals surface area contributed by atoms with E-state index in [4.69, 9.17) is 0 Å². The van der Waals surface area contributed by atoms with Crippen LogP contribution >= 0.6 is 0 Å². The van der Waals surface area contributed by atoms with Gasteiger partial charge in [-0.25, -0.2) is 8.78 Å². The number of phenols is 1. The molecule has 0 spiro atoms. The summed E-state index contributed by atoms with van der Waals surface area (Å²) in [4.78, 5) is 0. The van der Waals surface area contributed by atoms with Crippen LogP contribution in [0.2, 0.25) is 0 Å². The number of phenolic OH excluding ortho intramolecular Hbond substituents is 1. The number of halogens is 2. The Hall–Kier alpha value is -2.43. The van der Waals surface area contributed by atoms with Crippen molar-refractivity contribution in [3.8, 4) is 5.75 Å². The van der Waals surface area contributed by atoms with Gasteiger partial charge in [0.15, 0.2) is 5.82 Å². The molecule has 114 valence electrons. The summed E-state index contributed by atoms with van der Waals surface area (Å²) in [6.45, 7) is 1.99. The van der Waals surface area contributed by atoms with Crippen LogP contribution in [0.3, 0.4) is 0 Å². The van der Waals surface area contributed by atoms with E-state index in [1.54, 1.807) is 6.07 Å². The third kappa shape index (κ3) is 2.66. The second-order valence-corrected chi connectivity index (χ2v) is 5.40. The third-order valence-corrected chi connectivity index (χ3v) is 3.90. The Labute approximate surface area is 127 Å². The van der Waals surface area contributed by atoms with Gasteiger partial charge < -0.3 is 5.11 Å². The van der Waals surface area contributed by atoms with E-state index in [2.05, 4.69) is 10.5 Å². The van der Waals surface area contributed by atoms with E-state index in [0.29, 0.717) is 12.1 Å². The molecule has 2 aromatic carbocycles. The summed E-state index contributed by atoms with van der Waals surface area (Å²) in [5, 5.41) is 14.3. The lowest BCUT2D eigenvalue weighted by atomic mass is 9.86. The topological polar surface area (TPSA) is 44.6 Å². The number of benzene rings is 2. The van der Waals surface area contributed by atoms with Crippen molar-refractivity contribution in [2.24, 2.45) is 5.10 Å². The summed E-state index contributed by atoms with van der Waals surface area (Å²) in [6.07, 6.45) is 2.50. The van der Waals surface area contributed by atoms with E-state index in [9.17, 15) is 13.9 Å². The highest BCUT2D eigenvalue weighted by molar-refractivity contribution is 6.05. The Morgan fingerprint density at radius 2 is 1.95 bits per heavy atom. The molecule has 0 amide bonds. The number of nitrogens with one attached hydrogen (secondary N) is 1. The zero-order valence-corrected chi connectivity index (χ0v) is 12.2. The molecular formula is C17H16F2N2O. The molecule has 3 nitrogen and oxygen atoms in total. The summed E-state index contributed by atoms with van der Waals surface area (Å²) in [7, 11) is 0. The van der Waals surface area contributed by atoms with Crippen molar-refractivity contribution in [2.75, 3.05) is 5.43 Å². The van der Waals surface area contributed by atoms with Crippen molar-refractivity contribution in [3.05, 3.63) is 58.7 Å². The van der Waals surface area contributed by atoms with Crippen LogP contribution in [0.15, 0.2) is 35.4 Å². The molecule has 0 unspecified atom stereocenters. The Morgan fingerprint density at radius 3 is 2.73 bits per heavy atom. The molecule has 2 aromatic rings. The van der Waals surface area contributed by atoms with Gasteiger partial charge in [-0.05, 0) is 55.5 Å². The summed E-state index contributed by atoms with van der Waals surface area (Å²) in [5.41, 5.74) is 6.33. The molecular weight excluding hydrogens is 286 g/mol. The number of anilines is 1. The first kappa shape index (κ1) is 14.5. The standard InChI is InChI=1S/C17H16F2N2O/c1-10-5-8-16(22)17-12(10)3-2-4-15(17)21-20-14-7-6-11(18)9-13(14)19/h5-9,20,22H,2-4H2,1H3/b21-15+. The van der Waals surface area contributed by atoms with Gasteiger partial charge >= 0.3 is 0 Å². The van der Waals surface area contributed by atoms with Gasteiger partial charge in [0.1, 0.15) is 11.6 Å². The third-order valence-electron chi connectivity index (χ3n) is 3.90. The van der Waals surface area contributed by atoms with Crippen LogP contribution in [-0.4, -0.2) is 10.8 Å². The van der Waals surface area contributed by atoms with Crippen molar-refractivity contribution >= 4 is 11.4 Å². The Morgan fingerprint density at radius 1 is 1.14 bits per heavy atom. The van der Waals surface area contributed by atoms with Crippen molar-refractivity contribution in [1.29, 1.82) is 0 Å². The Kier molecular flexibility index (Phi) is 3.79. The highest BCUT2D eigenvalue weighted by Crippen LogP contribution is 2.31. The van der Waals surface area contributed by atoms with Gasteiger partial charge in [0.2, 0.25) is 0 Å². The molecule has 1 aliphatic rings. The van der Waals surface area contributed by atoms with Crippen LogP contribution in [0.25, 0.3) is 0 Å². The molecule has 0 atom stereocenters. The summed E-state index contributed by atoms with van der Waals surface area (Å²) < 4.78 is 26.5. The van der Waals surface area contributed by atoms with Gasteiger partial charge in [-0.15, -0.1) is 0 Å². The van der Waals surface area contributed by atoms with E-state index in [1.807, 2.05) is 13.0 Å². The molecule has 3 rings (SSSR count). The fourth-order valence-electron chi connectivity index (χ4n) is 2.76. The monoisotopic (exact) mass is 302 g/mol. The van der Waals surface area contributed by atoms with Crippen molar-refractivity contribution in [1.82, 2.24) is 0 Å². The summed E-state index contributed by atoms with van der Waals surface area (Å²) in [6, 6.07) is 6.80. The van der Waals surface area contributed by atoms with E-state index in [1.165, 1.54) is 12.1 Å². The molecule has 0 aliphatic heterocycles. The average Bonchev–Trinajstić information content (AvgIpc) is 2.50. The number of aryl methyl sites for hydroxylation is 1. The average molecular weight is 302 g/mol. The number of hydrazone groups is 1. The van der Waals surface area contributed by atoms with Crippen molar-refractivity contribution in [3.63, 3.8) is 0 Å². The highest BCUT2D eigenvalue weighted by atomic mass is 19.1. The summed E-state index contributed by atoms with van der Waals surface area (Å²) >= 11 is 0. The second kappa shape index (κ2) is 5.75. The molecule has 0 saturated carbocycles. The first-order valence-electron chi connectivity index (χ1n) is 7.15. The molecule has 5 heteroatoms. The van der Waals surface area contributed by atoms with Crippen LogP contribution in [0.5, 0.6) is 5.75 Å². The van der Waals surface area contributed by atoms with Gasteiger partial charge in [0.25, 0.3) is 0 Å². The zero-order valence-electron chi connectivity index (χ0n) is 12.2. The molecule has 0 radical (unpaired) electrons. The molecule has 22 heavy (non-hydrogen) atoms. The molecule has 0 fully saturated rings. The van der Waals surface area contributed by atoms with Crippen LogP contribution in [0.1, 0.15) is 29.5 Å². The summed E-state index contributed by atoms with van der Waals surface area (Å²) in [5.74, 6) is -1.15. The molecule has 0 heterocycles. The largest absolute Gasteiger partial charge is 0.507 e. The minimum Gasteiger partial charge on any atom is -0.507 e. The van der Waals surface area contributed by atoms with Gasteiger partial charge in [-0.3, -0.25) is 5.43 Å². The highest BCUT2D eigenvalue weighted by Gasteiger charge is 2.21. The molecule has 0 bridgehead atoms. The number of aromatic hydroxyl groups is 1. The van der Waals surface area contributed by atoms with Crippen LogP contribution < -0.4 is 5.43 Å². The van der Waals surface area contributed by atoms with Gasteiger partial charge in [0, 0.05) is 11.6 Å². The quantitative estimate of drug-likeness (QED) is 0.819. The second-order valence-electron chi connectivity index (χ2n) is 5.40. The fraction of sp³-hybridized carbons (Fsp3) is 0.235. The maximum absolute atomic E-state index is 13.6. The van der Waals surface area contributed by atoms with Gasteiger partial charge in [0.05, 0.1) is 11.4 Å². The predicted octanol–water partition coefficient (Wildman–Crippen LogP) is 4.13. The maximum atomic E-state index is 13.6. The number of rotatable bonds is 2. The van der Waals surface area contributed by atoms with Crippen molar-refractivity contribution in [2.45, 2.75) is 26.2 Å². The maximum Gasteiger partial charge on any atom is 0.151 e. The smallest absolute Gasteiger partial charge is 0.151 e. The first-order valence-corrected chi connectivity index (χ1v) is 7.15. The van der Waals surface area contributed by atoms with E-state index in [0.717, 1.165) is 35.6 Å². The van der Waals surface area contributed by atoms with Crippen LogP contribution in [0.4, 0.5) is 14.5 Å². The molecule has 0 saturated heterocycles. The minimum absolute atomic E-state index is 0.105. The molecule has 1 aliphatic carbocycles. The lowest BCUT2D eigenvalue weighted by molar-refractivity contribution is 0.472. The predicted molar refractivity (Wildman–Crippen MR) is 82.3 cm³/mol. The fourth-order valence-corrected chi connectivity index (χ4v) is 2.76. The number of fused-ring (bicyclic) bond motifs is 1. The van der Waals surface area contributed by atoms with Crippen LogP contribution in [-0.2, 0) is 6.42 Å². The minimum atomic E-state index is -0.700. The van der Waals surface area contributed by atoms with E-state index >= 15 is 0 Å². The van der Waals surface area contributed by atoms with Gasteiger partial charge in [-0.1, -0.05) is 6.07 Å². The lowest BCUT2D eigenvalue weighted by Crippen LogP contribution is -2.15. The number of hydrogen-bond acceptors (Lipinski definition) is 3.